The van der Waals surface area contributed by atoms with Crippen molar-refractivity contribution in [3.05, 3.63) is 29.8 Å². The number of carboxylic acid groups (broad SMARTS) is 2. The summed E-state index contributed by atoms with van der Waals surface area (Å²) < 4.78 is 5.51. The number of hydrogen-bond donors (Lipinski definition) is 2. The van der Waals surface area contributed by atoms with Gasteiger partial charge in [-0.1, -0.05) is 25.5 Å². The molecule has 1 aromatic rings. The molecule has 20 heavy (non-hydrogen) atoms. The third-order valence-electron chi connectivity index (χ3n) is 2.94. The summed E-state index contributed by atoms with van der Waals surface area (Å²) in [5.74, 6) is -2.35. The van der Waals surface area contributed by atoms with E-state index in [9.17, 15) is 9.59 Å². The number of ether oxygens (including phenoxy) is 1. The van der Waals surface area contributed by atoms with Crippen LogP contribution in [0, 0.1) is 5.92 Å². The van der Waals surface area contributed by atoms with Crippen molar-refractivity contribution in [1.82, 2.24) is 0 Å². The van der Waals surface area contributed by atoms with E-state index in [0.29, 0.717) is 6.61 Å². The normalized spacial score (nSPS) is 11.8. The number of carbonyl (C=O) groups is 2. The molecular weight excluding hydrogens is 260 g/mol. The Bertz CT molecular complexity index is 438. The topological polar surface area (TPSA) is 83.8 Å². The average molecular weight is 280 g/mol. The van der Waals surface area contributed by atoms with Gasteiger partial charge < -0.3 is 14.9 Å². The lowest BCUT2D eigenvalue weighted by molar-refractivity contribution is -0.148. The van der Waals surface area contributed by atoms with Gasteiger partial charge in [0, 0.05) is 0 Å². The zero-order chi connectivity index (χ0) is 15.0. The van der Waals surface area contributed by atoms with Crippen LogP contribution >= 0.6 is 0 Å². The van der Waals surface area contributed by atoms with Crippen LogP contribution in [-0.2, 0) is 16.0 Å². The van der Waals surface area contributed by atoms with E-state index in [2.05, 4.69) is 6.92 Å². The summed E-state index contributed by atoms with van der Waals surface area (Å²) in [4.78, 5) is 21.6. The Kier molecular flexibility index (Phi) is 6.56. The summed E-state index contributed by atoms with van der Waals surface area (Å²) in [6.45, 7) is 2.74. The maximum atomic E-state index is 11.0. The molecule has 0 aromatic heterocycles. The molecule has 0 fully saturated rings. The van der Waals surface area contributed by atoms with Crippen molar-refractivity contribution in [2.45, 2.75) is 32.6 Å². The van der Waals surface area contributed by atoms with Gasteiger partial charge >= 0.3 is 11.9 Å². The predicted octanol–water partition coefficient (Wildman–Crippen LogP) is 2.58. The zero-order valence-corrected chi connectivity index (χ0v) is 11.5. The van der Waals surface area contributed by atoms with Crippen LogP contribution in [0.25, 0.3) is 0 Å². The largest absolute Gasteiger partial charge is 0.494 e. The molecule has 1 rings (SSSR count). The van der Waals surface area contributed by atoms with Crippen LogP contribution < -0.4 is 4.74 Å². The van der Waals surface area contributed by atoms with Gasteiger partial charge in [-0.3, -0.25) is 9.59 Å². The Morgan fingerprint density at radius 1 is 1.20 bits per heavy atom. The molecule has 0 saturated carbocycles. The van der Waals surface area contributed by atoms with Crippen LogP contribution in [0.3, 0.4) is 0 Å². The molecule has 0 amide bonds. The van der Waals surface area contributed by atoms with Crippen LogP contribution in [0.1, 0.15) is 31.7 Å². The Balaban J connectivity index is 2.58. The lowest BCUT2D eigenvalue weighted by atomic mass is 9.96. The van der Waals surface area contributed by atoms with E-state index in [1.165, 1.54) is 0 Å². The first-order valence-corrected chi connectivity index (χ1v) is 6.69. The summed E-state index contributed by atoms with van der Waals surface area (Å²) in [5.41, 5.74) is 0.793. The highest BCUT2D eigenvalue weighted by atomic mass is 16.5. The molecule has 0 heterocycles. The first-order valence-electron chi connectivity index (χ1n) is 6.69. The van der Waals surface area contributed by atoms with Crippen molar-refractivity contribution in [2.75, 3.05) is 6.61 Å². The van der Waals surface area contributed by atoms with E-state index in [4.69, 9.17) is 14.9 Å². The monoisotopic (exact) mass is 280 g/mol. The summed E-state index contributed by atoms with van der Waals surface area (Å²) in [6, 6.07) is 7.12. The van der Waals surface area contributed by atoms with Crippen molar-refractivity contribution in [2.24, 2.45) is 5.92 Å². The van der Waals surface area contributed by atoms with E-state index in [1.54, 1.807) is 24.3 Å². The zero-order valence-electron chi connectivity index (χ0n) is 11.5. The van der Waals surface area contributed by atoms with Gasteiger partial charge in [0.2, 0.25) is 0 Å². The number of rotatable bonds is 9. The van der Waals surface area contributed by atoms with Gasteiger partial charge in [-0.2, -0.15) is 0 Å². The molecule has 0 unspecified atom stereocenters. The molecule has 5 heteroatoms. The molecule has 0 aliphatic heterocycles. The van der Waals surface area contributed by atoms with Crippen LogP contribution in [0.2, 0.25) is 0 Å². The molecular formula is C15H20O5. The average Bonchev–Trinajstić information content (AvgIpc) is 2.39. The lowest BCUT2D eigenvalue weighted by Gasteiger charge is -2.11. The lowest BCUT2D eigenvalue weighted by Crippen LogP contribution is -2.20. The van der Waals surface area contributed by atoms with Crippen molar-refractivity contribution in [1.29, 1.82) is 0 Å². The molecule has 0 radical (unpaired) electrons. The maximum Gasteiger partial charge on any atom is 0.307 e. The van der Waals surface area contributed by atoms with Gasteiger partial charge in [-0.15, -0.1) is 0 Å². The second kappa shape index (κ2) is 8.19. The van der Waals surface area contributed by atoms with Crippen LogP contribution in [0.5, 0.6) is 5.75 Å². The Morgan fingerprint density at radius 3 is 2.35 bits per heavy atom. The predicted molar refractivity (Wildman–Crippen MR) is 73.9 cm³/mol. The van der Waals surface area contributed by atoms with Crippen LogP contribution in [0.15, 0.2) is 24.3 Å². The quantitative estimate of drug-likeness (QED) is 0.679. The smallest absolute Gasteiger partial charge is 0.307 e. The first kappa shape index (κ1) is 16.0. The fourth-order valence-corrected chi connectivity index (χ4v) is 1.80. The molecule has 5 nitrogen and oxygen atoms in total. The summed E-state index contributed by atoms with van der Waals surface area (Å²) in [6.07, 6.45) is 1.88. The number of aliphatic carboxylic acids is 2. The molecule has 2 N–H and O–H groups in total. The van der Waals surface area contributed by atoms with Gasteiger partial charge in [0.05, 0.1) is 18.9 Å². The highest BCUT2D eigenvalue weighted by molar-refractivity contribution is 5.78. The molecule has 0 spiro atoms. The molecule has 0 bridgehead atoms. The number of benzene rings is 1. The van der Waals surface area contributed by atoms with Crippen molar-refractivity contribution < 1.29 is 24.5 Å². The molecule has 0 aliphatic carbocycles. The van der Waals surface area contributed by atoms with E-state index in [1.807, 2.05) is 0 Å². The number of unbranched alkanes of at least 4 members (excludes halogenated alkanes) is 1. The standard InChI is InChI=1S/C15H20O5/c1-2-3-8-20-13-6-4-11(5-7-13)9-12(15(18)19)10-14(16)17/h4-7,12H,2-3,8-10H2,1H3,(H,16,17)(H,18,19)/t12-/m0/s1. The Labute approximate surface area is 118 Å². The molecule has 0 aliphatic rings. The minimum Gasteiger partial charge on any atom is -0.494 e. The SMILES string of the molecule is CCCCOc1ccc(C[C@@H](CC(=O)O)C(=O)O)cc1. The van der Waals surface area contributed by atoms with E-state index in [-0.39, 0.29) is 12.8 Å². The fraction of sp³-hybridized carbons (Fsp3) is 0.467. The highest BCUT2D eigenvalue weighted by Gasteiger charge is 2.21. The third-order valence-corrected chi connectivity index (χ3v) is 2.94. The van der Waals surface area contributed by atoms with Gasteiger partial charge in [0.1, 0.15) is 5.75 Å². The molecule has 1 aromatic carbocycles. The highest BCUT2D eigenvalue weighted by Crippen LogP contribution is 2.17. The third kappa shape index (κ3) is 5.73. The Hall–Kier alpha value is -2.04. The van der Waals surface area contributed by atoms with Gasteiger partial charge in [0.15, 0.2) is 0 Å². The van der Waals surface area contributed by atoms with Crippen LogP contribution in [-0.4, -0.2) is 28.8 Å². The van der Waals surface area contributed by atoms with Crippen molar-refractivity contribution in [3.63, 3.8) is 0 Å². The summed E-state index contributed by atoms with van der Waals surface area (Å²) in [5, 5.41) is 17.7. The minimum atomic E-state index is -1.10. The Morgan fingerprint density at radius 2 is 1.85 bits per heavy atom. The molecule has 1 atom stereocenters. The van der Waals surface area contributed by atoms with Gasteiger partial charge in [-0.05, 0) is 30.5 Å². The number of carboxylic acids is 2. The second-order valence-corrected chi connectivity index (χ2v) is 4.68. The van der Waals surface area contributed by atoms with Crippen molar-refractivity contribution >= 4 is 11.9 Å². The maximum absolute atomic E-state index is 11.0. The van der Waals surface area contributed by atoms with E-state index in [0.717, 1.165) is 24.2 Å². The van der Waals surface area contributed by atoms with Crippen LogP contribution in [0.4, 0.5) is 0 Å². The van der Waals surface area contributed by atoms with Crippen molar-refractivity contribution in [3.8, 4) is 5.75 Å². The first-order chi connectivity index (χ1) is 9.52. The van der Waals surface area contributed by atoms with Gasteiger partial charge in [0.25, 0.3) is 0 Å². The second-order valence-electron chi connectivity index (χ2n) is 4.68. The fourth-order valence-electron chi connectivity index (χ4n) is 1.80. The summed E-state index contributed by atoms with van der Waals surface area (Å²) in [7, 11) is 0. The molecule has 110 valence electrons. The van der Waals surface area contributed by atoms with E-state index < -0.39 is 17.9 Å². The van der Waals surface area contributed by atoms with Gasteiger partial charge in [-0.25, -0.2) is 0 Å². The summed E-state index contributed by atoms with van der Waals surface area (Å²) >= 11 is 0. The number of hydrogen-bond acceptors (Lipinski definition) is 3. The van der Waals surface area contributed by atoms with E-state index >= 15 is 0 Å². The minimum absolute atomic E-state index is 0.205. The molecule has 0 saturated heterocycles.